The Morgan fingerprint density at radius 2 is 1.84 bits per heavy atom. The molecule has 2 saturated carbocycles. The van der Waals surface area contributed by atoms with E-state index in [-0.39, 0.29) is 23.8 Å². The predicted octanol–water partition coefficient (Wildman–Crippen LogP) is 1.69. The molecule has 1 heterocycles. The van der Waals surface area contributed by atoms with E-state index in [2.05, 4.69) is 12.2 Å². The normalized spacial score (nSPS) is 34.5. The number of carbonyl (C=O) groups is 2. The van der Waals surface area contributed by atoms with Crippen LogP contribution in [0.3, 0.4) is 0 Å². The minimum Gasteiger partial charge on any atom is -0.340 e. The van der Waals surface area contributed by atoms with Crippen molar-refractivity contribution in [2.45, 2.75) is 57.9 Å². The van der Waals surface area contributed by atoms with Gasteiger partial charge >= 0.3 is 0 Å². The van der Waals surface area contributed by atoms with Crippen LogP contribution in [-0.4, -0.2) is 35.3 Å². The molecule has 4 heteroatoms. The second-order valence-electron chi connectivity index (χ2n) is 7.20. The van der Waals surface area contributed by atoms with Crippen LogP contribution in [0.4, 0.5) is 0 Å². The van der Waals surface area contributed by atoms with Gasteiger partial charge in [0.05, 0.1) is 6.54 Å². The molecule has 0 spiro atoms. The van der Waals surface area contributed by atoms with Gasteiger partial charge in [0, 0.05) is 6.54 Å². The Bertz CT molecular complexity index is 410. The van der Waals surface area contributed by atoms with Crippen LogP contribution in [0.25, 0.3) is 0 Å². The number of piperazine rings is 1. The summed E-state index contributed by atoms with van der Waals surface area (Å²) in [6, 6.07) is 0. The predicted molar refractivity (Wildman–Crippen MR) is 72.4 cm³/mol. The first-order valence-corrected chi connectivity index (χ1v) is 7.53. The number of carbonyl (C=O) groups excluding carboxylic acids is 2. The summed E-state index contributed by atoms with van der Waals surface area (Å²) >= 11 is 0. The van der Waals surface area contributed by atoms with Crippen molar-refractivity contribution in [1.29, 1.82) is 0 Å². The Hall–Kier alpha value is -1.06. The van der Waals surface area contributed by atoms with Crippen molar-refractivity contribution in [2.75, 3.05) is 13.1 Å². The van der Waals surface area contributed by atoms with Crippen molar-refractivity contribution in [3.05, 3.63) is 0 Å². The van der Waals surface area contributed by atoms with Crippen molar-refractivity contribution >= 4 is 11.8 Å². The Morgan fingerprint density at radius 3 is 2.42 bits per heavy atom. The first kappa shape index (κ1) is 12.9. The van der Waals surface area contributed by atoms with Crippen molar-refractivity contribution in [1.82, 2.24) is 10.2 Å². The summed E-state index contributed by atoms with van der Waals surface area (Å²) in [6.07, 6.45) is 6.99. The fourth-order valence-corrected chi connectivity index (χ4v) is 3.87. The largest absolute Gasteiger partial charge is 0.340 e. The van der Waals surface area contributed by atoms with E-state index in [1.54, 1.807) is 0 Å². The van der Waals surface area contributed by atoms with Gasteiger partial charge in [0.25, 0.3) is 0 Å². The average molecular weight is 264 g/mol. The molecule has 19 heavy (non-hydrogen) atoms. The molecule has 3 aliphatic rings. The molecule has 0 radical (unpaired) electrons. The third-order valence-corrected chi connectivity index (χ3v) is 5.24. The molecular formula is C15H24N2O2. The highest BCUT2D eigenvalue weighted by molar-refractivity contribution is 5.98. The van der Waals surface area contributed by atoms with Crippen LogP contribution in [0.1, 0.15) is 52.4 Å². The first-order chi connectivity index (χ1) is 8.93. The number of hydrogen-bond acceptors (Lipinski definition) is 2. The summed E-state index contributed by atoms with van der Waals surface area (Å²) < 4.78 is 0. The van der Waals surface area contributed by atoms with Gasteiger partial charge in [-0.25, -0.2) is 0 Å². The van der Waals surface area contributed by atoms with E-state index in [0.717, 1.165) is 19.4 Å². The van der Waals surface area contributed by atoms with E-state index in [4.69, 9.17) is 0 Å². The second kappa shape index (κ2) is 4.22. The molecule has 2 amide bonds. The molecule has 4 nitrogen and oxygen atoms in total. The lowest BCUT2D eigenvalue weighted by atomic mass is 9.85. The summed E-state index contributed by atoms with van der Waals surface area (Å²) in [6.45, 7) is 5.17. The monoisotopic (exact) mass is 264 g/mol. The number of hydrogen-bond donors (Lipinski definition) is 1. The van der Waals surface area contributed by atoms with Crippen LogP contribution < -0.4 is 5.32 Å². The molecule has 0 aromatic carbocycles. The van der Waals surface area contributed by atoms with E-state index in [0.29, 0.717) is 5.92 Å². The van der Waals surface area contributed by atoms with Crippen LogP contribution in [0.5, 0.6) is 0 Å². The second-order valence-corrected chi connectivity index (χ2v) is 7.20. The summed E-state index contributed by atoms with van der Waals surface area (Å²) in [4.78, 5) is 26.5. The maximum Gasteiger partial charge on any atom is 0.248 e. The van der Waals surface area contributed by atoms with Crippen LogP contribution in [0.2, 0.25) is 0 Å². The third-order valence-electron chi connectivity index (χ3n) is 5.24. The summed E-state index contributed by atoms with van der Waals surface area (Å²) in [5.74, 6) is 0.501. The lowest BCUT2D eigenvalue weighted by Gasteiger charge is -2.43. The van der Waals surface area contributed by atoms with Gasteiger partial charge in [-0.1, -0.05) is 19.8 Å². The zero-order valence-corrected chi connectivity index (χ0v) is 12.0. The lowest BCUT2D eigenvalue weighted by Crippen LogP contribution is -2.67. The Morgan fingerprint density at radius 1 is 1.21 bits per heavy atom. The standard InChI is InChI=1S/C15H24N2O2/c1-14(7-3-4-8-14)10-17-9-12(18)16-15(2,13(17)19)11-5-6-11/h11H,3-10H2,1-2H3,(H,16,18). The number of amides is 2. The molecule has 106 valence electrons. The molecule has 2 aliphatic carbocycles. The van der Waals surface area contributed by atoms with Crippen LogP contribution >= 0.6 is 0 Å². The first-order valence-electron chi connectivity index (χ1n) is 7.53. The van der Waals surface area contributed by atoms with Gasteiger partial charge < -0.3 is 10.2 Å². The number of rotatable bonds is 3. The van der Waals surface area contributed by atoms with Gasteiger partial charge in [-0.05, 0) is 43.9 Å². The molecule has 0 aromatic heterocycles. The fourth-order valence-electron chi connectivity index (χ4n) is 3.87. The lowest BCUT2D eigenvalue weighted by molar-refractivity contribution is -0.151. The molecule has 1 aliphatic heterocycles. The van der Waals surface area contributed by atoms with Gasteiger partial charge in [-0.15, -0.1) is 0 Å². The zero-order chi connectivity index (χ0) is 13.7. The molecular weight excluding hydrogens is 240 g/mol. The molecule has 1 atom stereocenters. The third kappa shape index (κ3) is 2.26. The molecule has 0 aromatic rings. The Kier molecular flexibility index (Phi) is 2.88. The molecule has 0 bridgehead atoms. The number of nitrogens with one attached hydrogen (secondary N) is 1. The summed E-state index contributed by atoms with van der Waals surface area (Å²) in [5.41, 5.74) is -0.415. The van der Waals surface area contributed by atoms with E-state index in [1.165, 1.54) is 25.7 Å². The number of nitrogens with zero attached hydrogens (tertiary/aromatic N) is 1. The van der Waals surface area contributed by atoms with Gasteiger partial charge in [-0.2, -0.15) is 0 Å². The Labute approximate surface area is 114 Å². The van der Waals surface area contributed by atoms with Crippen molar-refractivity contribution in [3.8, 4) is 0 Å². The zero-order valence-electron chi connectivity index (χ0n) is 12.0. The van der Waals surface area contributed by atoms with Crippen LogP contribution in [0, 0.1) is 11.3 Å². The van der Waals surface area contributed by atoms with E-state index < -0.39 is 5.54 Å². The van der Waals surface area contributed by atoms with Crippen LogP contribution in [0.15, 0.2) is 0 Å². The average Bonchev–Trinajstić information content (AvgIpc) is 3.10. The molecule has 1 saturated heterocycles. The quantitative estimate of drug-likeness (QED) is 0.843. The van der Waals surface area contributed by atoms with Crippen LogP contribution in [-0.2, 0) is 9.59 Å². The van der Waals surface area contributed by atoms with Gasteiger partial charge in [0.2, 0.25) is 11.8 Å². The van der Waals surface area contributed by atoms with Crippen molar-refractivity contribution in [3.63, 3.8) is 0 Å². The van der Waals surface area contributed by atoms with E-state index in [1.807, 2.05) is 11.8 Å². The highest BCUT2D eigenvalue weighted by atomic mass is 16.2. The van der Waals surface area contributed by atoms with Crippen molar-refractivity contribution < 1.29 is 9.59 Å². The molecule has 3 rings (SSSR count). The molecule has 1 N–H and O–H groups in total. The minimum atomic E-state index is -0.635. The maximum atomic E-state index is 12.7. The fraction of sp³-hybridized carbons (Fsp3) is 0.867. The highest BCUT2D eigenvalue weighted by Gasteiger charge is 2.53. The SMILES string of the molecule is CC1(CN2CC(=O)NC(C)(C3CC3)C2=O)CCCC1. The summed E-state index contributed by atoms with van der Waals surface area (Å²) in [7, 11) is 0. The maximum absolute atomic E-state index is 12.7. The van der Waals surface area contributed by atoms with Gasteiger partial charge in [0.1, 0.15) is 5.54 Å². The minimum absolute atomic E-state index is 0.00981. The van der Waals surface area contributed by atoms with E-state index >= 15 is 0 Å². The molecule has 3 fully saturated rings. The van der Waals surface area contributed by atoms with Gasteiger partial charge in [-0.3, -0.25) is 9.59 Å². The smallest absolute Gasteiger partial charge is 0.248 e. The Balaban J connectivity index is 1.76. The molecule has 1 unspecified atom stereocenters. The van der Waals surface area contributed by atoms with E-state index in [9.17, 15) is 9.59 Å². The topological polar surface area (TPSA) is 49.4 Å². The highest BCUT2D eigenvalue weighted by Crippen LogP contribution is 2.43. The summed E-state index contributed by atoms with van der Waals surface area (Å²) in [5, 5.41) is 2.94. The van der Waals surface area contributed by atoms with Crippen molar-refractivity contribution in [2.24, 2.45) is 11.3 Å². The van der Waals surface area contributed by atoms with Gasteiger partial charge in [0.15, 0.2) is 0 Å².